The van der Waals surface area contributed by atoms with Crippen LogP contribution in [0.2, 0.25) is 5.02 Å². The number of halogens is 1. The fourth-order valence-corrected chi connectivity index (χ4v) is 5.37. The van der Waals surface area contributed by atoms with Gasteiger partial charge in [-0.15, -0.1) is 0 Å². The fraction of sp³-hybridized carbons (Fsp3) is 0.500. The van der Waals surface area contributed by atoms with Gasteiger partial charge in [0.05, 0.1) is 16.7 Å². The van der Waals surface area contributed by atoms with Crippen LogP contribution in [-0.2, 0) is 6.54 Å². The Morgan fingerprint density at radius 2 is 1.73 bits per heavy atom. The fourth-order valence-electron chi connectivity index (χ4n) is 5.04. The molecule has 0 saturated heterocycles. The molecule has 0 unspecified atom stereocenters. The number of aryl methyl sites for hydroxylation is 2. The summed E-state index contributed by atoms with van der Waals surface area (Å²) in [6.45, 7) is 13.1. The highest BCUT2D eigenvalue weighted by Gasteiger charge is 2.29. The van der Waals surface area contributed by atoms with Crippen LogP contribution in [0, 0.1) is 20.8 Å². The average molecular weight is 426 g/mol. The molecule has 3 aromatic rings. The summed E-state index contributed by atoms with van der Waals surface area (Å²) < 4.78 is 2.47. The smallest absolute Gasteiger partial charge is 0.0987 e. The van der Waals surface area contributed by atoms with Gasteiger partial charge in [-0.2, -0.15) is 0 Å². The van der Waals surface area contributed by atoms with Crippen LogP contribution in [0.5, 0.6) is 0 Å². The van der Waals surface area contributed by atoms with E-state index in [1.54, 1.807) is 0 Å². The molecule has 0 aliphatic carbocycles. The number of nitrogens with zero attached hydrogens (tertiary/aromatic N) is 3. The number of pyridine rings is 1. The van der Waals surface area contributed by atoms with Crippen molar-refractivity contribution in [2.45, 2.75) is 80.3 Å². The highest BCUT2D eigenvalue weighted by atomic mass is 35.5. The lowest BCUT2D eigenvalue weighted by molar-refractivity contribution is 0.482. The first-order valence-corrected chi connectivity index (χ1v) is 11.4. The maximum absolute atomic E-state index is 6.70. The van der Waals surface area contributed by atoms with Gasteiger partial charge in [-0.3, -0.25) is 4.98 Å². The van der Waals surface area contributed by atoms with Crippen molar-refractivity contribution in [3.05, 3.63) is 46.2 Å². The molecule has 30 heavy (non-hydrogen) atoms. The molecule has 4 rings (SSSR count). The second-order valence-electron chi connectivity index (χ2n) is 8.50. The maximum Gasteiger partial charge on any atom is 0.0987 e. The lowest BCUT2D eigenvalue weighted by atomic mass is 10.0. The molecule has 0 atom stereocenters. The molecule has 0 N–H and O–H groups in total. The molecule has 2 aromatic heterocycles. The van der Waals surface area contributed by atoms with E-state index in [1.807, 2.05) is 0 Å². The molecule has 0 saturated carbocycles. The molecular formula is C26H36ClN3. The van der Waals surface area contributed by atoms with Crippen LogP contribution in [0.3, 0.4) is 0 Å². The lowest BCUT2D eigenvalue weighted by Crippen LogP contribution is -2.40. The van der Waals surface area contributed by atoms with Gasteiger partial charge >= 0.3 is 0 Å². The molecule has 1 aromatic carbocycles. The molecule has 1 aliphatic heterocycles. The average Bonchev–Trinajstić information content (AvgIpc) is 2.95. The van der Waals surface area contributed by atoms with Crippen molar-refractivity contribution in [3.63, 3.8) is 0 Å². The molecule has 0 radical (unpaired) electrons. The summed E-state index contributed by atoms with van der Waals surface area (Å²) in [6, 6.07) is 9.24. The normalized spacial score (nSPS) is 13.2. The van der Waals surface area contributed by atoms with Crippen LogP contribution < -0.4 is 4.90 Å². The summed E-state index contributed by atoms with van der Waals surface area (Å²) in [6.07, 6.45) is 4.93. The zero-order valence-electron chi connectivity index (χ0n) is 18.3. The number of benzene rings is 1. The lowest BCUT2D eigenvalue weighted by Gasteiger charge is -2.38. The number of aromatic nitrogens is 2. The van der Waals surface area contributed by atoms with E-state index in [0.29, 0.717) is 6.04 Å². The Hall–Kier alpha value is -2.00. The number of rotatable bonds is 6. The Balaban J connectivity index is 0.00000256. The van der Waals surface area contributed by atoms with E-state index in [0.717, 1.165) is 34.9 Å². The zero-order valence-corrected chi connectivity index (χ0v) is 19.1. The van der Waals surface area contributed by atoms with Crippen molar-refractivity contribution in [2.24, 2.45) is 0 Å². The second-order valence-corrected chi connectivity index (χ2v) is 8.91. The summed E-state index contributed by atoms with van der Waals surface area (Å²) in [7, 11) is 0. The van der Waals surface area contributed by atoms with Gasteiger partial charge in [-0.25, -0.2) is 0 Å². The van der Waals surface area contributed by atoms with Crippen LogP contribution in [0.4, 0.5) is 5.69 Å². The minimum Gasteiger partial charge on any atom is -0.365 e. The van der Waals surface area contributed by atoms with E-state index in [2.05, 4.69) is 68.4 Å². The second kappa shape index (κ2) is 9.01. The summed E-state index contributed by atoms with van der Waals surface area (Å²) >= 11 is 6.70. The maximum atomic E-state index is 6.70. The summed E-state index contributed by atoms with van der Waals surface area (Å²) in [4.78, 5) is 7.68. The summed E-state index contributed by atoms with van der Waals surface area (Å²) in [5.41, 5.74) is 9.54. The molecular weight excluding hydrogens is 390 g/mol. The molecule has 0 amide bonds. The van der Waals surface area contributed by atoms with Gasteiger partial charge < -0.3 is 9.47 Å². The van der Waals surface area contributed by atoms with E-state index in [4.69, 9.17) is 16.6 Å². The van der Waals surface area contributed by atoms with Crippen LogP contribution >= 0.6 is 11.6 Å². The van der Waals surface area contributed by atoms with Crippen molar-refractivity contribution in [1.82, 2.24) is 9.55 Å². The van der Waals surface area contributed by atoms with Gasteiger partial charge in [-0.1, -0.05) is 57.8 Å². The van der Waals surface area contributed by atoms with Crippen LogP contribution in [0.1, 0.15) is 63.9 Å². The Morgan fingerprint density at radius 3 is 2.37 bits per heavy atom. The minimum absolute atomic E-state index is 0. The summed E-state index contributed by atoms with van der Waals surface area (Å²) in [5, 5.41) is 0.808. The first kappa shape index (κ1) is 22.7. The first-order valence-electron chi connectivity index (χ1n) is 11.0. The van der Waals surface area contributed by atoms with Crippen LogP contribution in [0.15, 0.2) is 24.3 Å². The molecule has 0 bridgehead atoms. The van der Waals surface area contributed by atoms with Gasteiger partial charge in [0, 0.05) is 46.7 Å². The number of hydrogen-bond acceptors (Lipinski definition) is 2. The highest BCUT2D eigenvalue weighted by Crippen LogP contribution is 2.43. The Bertz CT molecular complexity index is 1040. The molecule has 1 aliphatic rings. The van der Waals surface area contributed by atoms with Crippen LogP contribution in [-0.4, -0.2) is 22.1 Å². The Kier molecular flexibility index (Phi) is 6.81. The highest BCUT2D eigenvalue weighted by molar-refractivity contribution is 6.34. The van der Waals surface area contributed by atoms with Crippen molar-refractivity contribution >= 4 is 28.3 Å². The predicted octanol–water partition coefficient (Wildman–Crippen LogP) is 7.71. The van der Waals surface area contributed by atoms with E-state index in [1.165, 1.54) is 53.7 Å². The number of anilines is 1. The third-order valence-corrected chi connectivity index (χ3v) is 6.64. The molecule has 162 valence electrons. The first-order chi connectivity index (χ1) is 14.0. The topological polar surface area (TPSA) is 21.1 Å². The van der Waals surface area contributed by atoms with Gasteiger partial charge in [-0.05, 0) is 51.3 Å². The van der Waals surface area contributed by atoms with Gasteiger partial charge in [0.15, 0.2) is 0 Å². The quantitative estimate of drug-likeness (QED) is 0.403. The summed E-state index contributed by atoms with van der Waals surface area (Å²) in [5.74, 6) is 0. The van der Waals surface area contributed by atoms with Crippen molar-refractivity contribution in [2.75, 3.05) is 11.4 Å². The standard InChI is InChI=1S/C25H32ClN3.CH4/c1-6-8-19(9-7-2)29-13-12-28-18(5)23(20-11-10-16(3)14-21(20)26)24-25(28)22(29)15-17(4)27-24;/h10-11,14-15,19H,6-9,12-13H2,1-5H3;1H4. The SMILES string of the molecule is C.CCCC(CCC)N1CCn2c(C)c(-c3ccc(C)cc3Cl)c3nc(C)cc1c32. The molecule has 3 nitrogen and oxygen atoms in total. The monoisotopic (exact) mass is 425 g/mol. The largest absolute Gasteiger partial charge is 0.365 e. The molecule has 3 heterocycles. The Morgan fingerprint density at radius 1 is 1.03 bits per heavy atom. The zero-order chi connectivity index (χ0) is 20.7. The van der Waals surface area contributed by atoms with Gasteiger partial charge in [0.25, 0.3) is 0 Å². The van der Waals surface area contributed by atoms with Crippen molar-refractivity contribution in [3.8, 4) is 11.1 Å². The van der Waals surface area contributed by atoms with E-state index in [9.17, 15) is 0 Å². The number of hydrogen-bond donors (Lipinski definition) is 0. The molecule has 0 spiro atoms. The minimum atomic E-state index is 0. The Labute approximate surface area is 187 Å². The van der Waals surface area contributed by atoms with E-state index < -0.39 is 0 Å². The molecule has 4 heteroatoms. The van der Waals surface area contributed by atoms with E-state index >= 15 is 0 Å². The van der Waals surface area contributed by atoms with Crippen LogP contribution in [0.25, 0.3) is 22.2 Å². The molecule has 0 fully saturated rings. The van der Waals surface area contributed by atoms with E-state index in [-0.39, 0.29) is 7.43 Å². The van der Waals surface area contributed by atoms with Crippen molar-refractivity contribution in [1.29, 1.82) is 0 Å². The third-order valence-electron chi connectivity index (χ3n) is 6.33. The van der Waals surface area contributed by atoms with Gasteiger partial charge in [0.2, 0.25) is 0 Å². The predicted molar refractivity (Wildman–Crippen MR) is 132 cm³/mol. The third kappa shape index (κ3) is 3.73. The van der Waals surface area contributed by atoms with Crippen molar-refractivity contribution < 1.29 is 0 Å². The van der Waals surface area contributed by atoms with Gasteiger partial charge in [0.1, 0.15) is 0 Å².